The van der Waals surface area contributed by atoms with Crippen LogP contribution in [0, 0.1) is 12.3 Å². The number of sulfonamides is 1. The van der Waals surface area contributed by atoms with Crippen molar-refractivity contribution in [3.8, 4) is 5.75 Å². The number of aryl methyl sites for hydroxylation is 1. The number of nitrogens with two attached hydrogens (primary N) is 1. The highest BCUT2D eigenvalue weighted by atomic mass is 32.2. The van der Waals surface area contributed by atoms with Crippen molar-refractivity contribution in [1.82, 2.24) is 0 Å². The Morgan fingerprint density at radius 3 is 2.34 bits per heavy atom. The molecule has 0 bridgehead atoms. The third-order valence-corrected chi connectivity index (χ3v) is 8.57. The van der Waals surface area contributed by atoms with Crippen molar-refractivity contribution in [3.05, 3.63) is 48.0 Å². The molecule has 9 nitrogen and oxygen atoms in total. The number of benzene rings is 2. The highest BCUT2D eigenvalue weighted by Gasteiger charge is 2.52. The molecule has 2 amide bonds. The van der Waals surface area contributed by atoms with E-state index in [1.807, 2.05) is 6.92 Å². The molecule has 1 atom stereocenters. The minimum Gasteiger partial charge on any atom is -0.486 e. The predicted molar refractivity (Wildman–Crippen MR) is 132 cm³/mol. The van der Waals surface area contributed by atoms with Crippen LogP contribution < -0.4 is 20.1 Å². The molecule has 3 N–H and O–H groups in total. The Morgan fingerprint density at radius 1 is 1.16 bits per heavy atom. The van der Waals surface area contributed by atoms with E-state index >= 15 is 0 Å². The zero-order valence-corrected chi connectivity index (χ0v) is 21.8. The Bertz CT molecular complexity index is 1360. The molecular weight excluding hydrogens is 527 g/mol. The van der Waals surface area contributed by atoms with Gasteiger partial charge >= 0.3 is 12.3 Å². The first-order valence-corrected chi connectivity index (χ1v) is 13.2. The van der Waals surface area contributed by atoms with E-state index in [0.29, 0.717) is 26.7 Å². The van der Waals surface area contributed by atoms with Crippen LogP contribution in [0.3, 0.4) is 0 Å². The first-order chi connectivity index (χ1) is 17.5. The smallest absolute Gasteiger partial charge is 0.427 e. The van der Waals surface area contributed by atoms with E-state index in [-0.39, 0.29) is 35.0 Å². The Balaban J connectivity index is 1.66. The van der Waals surface area contributed by atoms with Crippen molar-refractivity contribution < 1.29 is 40.7 Å². The maximum absolute atomic E-state index is 13.7. The molecule has 1 aliphatic carbocycles. The number of amides is 2. The number of ether oxygens (including phenoxy) is 2. The molecule has 2 aliphatic rings. The van der Waals surface area contributed by atoms with Crippen molar-refractivity contribution in [2.24, 2.45) is 11.1 Å². The zero-order chi connectivity index (χ0) is 28.1. The van der Waals surface area contributed by atoms with E-state index in [2.05, 4.69) is 10.1 Å². The fourth-order valence-electron chi connectivity index (χ4n) is 4.13. The van der Waals surface area contributed by atoms with Crippen LogP contribution in [-0.2, 0) is 19.6 Å². The zero-order valence-electron chi connectivity index (χ0n) is 21.0. The molecule has 1 aliphatic heterocycles. The molecule has 2 aromatic rings. The maximum Gasteiger partial charge on any atom is 0.427 e. The van der Waals surface area contributed by atoms with Crippen LogP contribution >= 0.6 is 0 Å². The molecule has 38 heavy (non-hydrogen) atoms. The number of halogens is 3. The second kappa shape index (κ2) is 9.37. The summed E-state index contributed by atoms with van der Waals surface area (Å²) in [7, 11) is -4.13. The number of carbonyl (C=O) groups is 2. The molecular formula is C25H28F3N3O6S. The second-order valence-electron chi connectivity index (χ2n) is 10.1. The van der Waals surface area contributed by atoms with Crippen LogP contribution in [0.15, 0.2) is 47.4 Å². The van der Waals surface area contributed by atoms with Gasteiger partial charge in [0.2, 0.25) is 11.5 Å². The van der Waals surface area contributed by atoms with E-state index in [0.717, 1.165) is 9.87 Å². The van der Waals surface area contributed by atoms with Crippen LogP contribution in [0.4, 0.5) is 29.3 Å². The van der Waals surface area contributed by atoms with Crippen LogP contribution in [0.1, 0.15) is 38.7 Å². The molecule has 0 spiro atoms. The monoisotopic (exact) mass is 555 g/mol. The number of nitrogens with one attached hydrogen (secondary N) is 1. The Hall–Kier alpha value is -3.48. The summed E-state index contributed by atoms with van der Waals surface area (Å²) in [6.45, 7) is 3.09. The lowest BCUT2D eigenvalue weighted by atomic mass is 9.97. The van der Waals surface area contributed by atoms with Crippen molar-refractivity contribution in [3.63, 3.8) is 0 Å². The van der Waals surface area contributed by atoms with E-state index in [4.69, 9.17) is 10.5 Å². The highest BCUT2D eigenvalue weighted by molar-refractivity contribution is 7.92. The SMILES string of the molecule is Cc1ccc(S(=O)(=O)N2C[C@H](CC3(C(N)=O)CC3)Oc3ccc(NC(=O)OC(C)(C)C(F)(F)F)cc32)cc1. The molecule has 0 radical (unpaired) electrons. The molecule has 13 heteroatoms. The molecule has 0 saturated heterocycles. The number of anilines is 2. The highest BCUT2D eigenvalue weighted by Crippen LogP contribution is 2.51. The average molecular weight is 556 g/mol. The van der Waals surface area contributed by atoms with Gasteiger partial charge in [0, 0.05) is 12.1 Å². The summed E-state index contributed by atoms with van der Waals surface area (Å²) in [5.74, 6) is -0.313. The van der Waals surface area contributed by atoms with Gasteiger partial charge in [-0.05, 0) is 63.9 Å². The van der Waals surface area contributed by atoms with E-state index in [1.165, 1.54) is 30.3 Å². The van der Waals surface area contributed by atoms with Gasteiger partial charge in [-0.25, -0.2) is 13.2 Å². The number of rotatable bonds is 7. The van der Waals surface area contributed by atoms with Gasteiger partial charge in [0.1, 0.15) is 11.9 Å². The lowest BCUT2D eigenvalue weighted by Crippen LogP contribution is -2.45. The van der Waals surface area contributed by atoms with Crippen molar-refractivity contribution >= 4 is 33.4 Å². The molecule has 1 fully saturated rings. The predicted octanol–water partition coefficient (Wildman–Crippen LogP) is 4.50. The number of alkyl halides is 3. The van der Waals surface area contributed by atoms with Crippen LogP contribution in [0.5, 0.6) is 5.75 Å². The molecule has 1 saturated carbocycles. The van der Waals surface area contributed by atoms with Crippen LogP contribution in [-0.4, -0.2) is 44.8 Å². The number of primary amides is 1. The third-order valence-electron chi connectivity index (χ3n) is 6.77. The van der Waals surface area contributed by atoms with Gasteiger partial charge in [0.05, 0.1) is 22.5 Å². The van der Waals surface area contributed by atoms with Crippen LogP contribution in [0.25, 0.3) is 0 Å². The summed E-state index contributed by atoms with van der Waals surface area (Å²) in [5.41, 5.74) is 2.97. The summed E-state index contributed by atoms with van der Waals surface area (Å²) in [4.78, 5) is 24.2. The Morgan fingerprint density at radius 2 is 1.79 bits per heavy atom. The number of nitrogens with zero attached hydrogens (tertiary/aromatic N) is 1. The summed E-state index contributed by atoms with van der Waals surface area (Å²) in [5, 5.41) is 2.21. The largest absolute Gasteiger partial charge is 0.486 e. The fourth-order valence-corrected chi connectivity index (χ4v) is 5.63. The topological polar surface area (TPSA) is 128 Å². The second-order valence-corrected chi connectivity index (χ2v) is 12.0. The quantitative estimate of drug-likeness (QED) is 0.518. The summed E-state index contributed by atoms with van der Waals surface area (Å²) >= 11 is 0. The lowest BCUT2D eigenvalue weighted by Gasteiger charge is -2.37. The molecule has 0 unspecified atom stereocenters. The maximum atomic E-state index is 13.7. The Kier molecular flexibility index (Phi) is 6.79. The van der Waals surface area contributed by atoms with Crippen molar-refractivity contribution in [2.45, 2.75) is 62.8 Å². The number of hydrogen-bond donors (Lipinski definition) is 2. The summed E-state index contributed by atoms with van der Waals surface area (Å²) < 4.78 is 78.4. The number of fused-ring (bicyclic) bond motifs is 1. The third kappa shape index (κ3) is 5.38. The van der Waals surface area contributed by atoms with E-state index in [1.54, 1.807) is 12.1 Å². The molecule has 4 rings (SSSR count). The molecule has 1 heterocycles. The van der Waals surface area contributed by atoms with Gasteiger partial charge < -0.3 is 15.2 Å². The molecule has 0 aromatic heterocycles. The first-order valence-electron chi connectivity index (χ1n) is 11.8. The van der Waals surface area contributed by atoms with Gasteiger partial charge in [-0.15, -0.1) is 0 Å². The number of hydrogen-bond acceptors (Lipinski definition) is 6. The first kappa shape index (κ1) is 27.6. The molecule has 206 valence electrons. The average Bonchev–Trinajstić information content (AvgIpc) is 3.58. The van der Waals surface area contributed by atoms with Gasteiger partial charge in [0.15, 0.2) is 0 Å². The lowest BCUT2D eigenvalue weighted by molar-refractivity contribution is -0.242. The van der Waals surface area contributed by atoms with Crippen molar-refractivity contribution in [2.75, 3.05) is 16.2 Å². The normalized spacial score (nSPS) is 18.7. The van der Waals surface area contributed by atoms with Gasteiger partial charge in [-0.3, -0.25) is 14.4 Å². The summed E-state index contributed by atoms with van der Waals surface area (Å²) in [6.07, 6.45) is -5.47. The standard InChI is InChI=1S/C25H28F3N3O6S/c1-15-4-7-18(8-5-15)38(34,35)31-14-17(13-24(10-11-24)21(29)32)36-20-9-6-16(12-19(20)31)30-22(33)37-23(2,3)25(26,27)28/h4-9,12,17H,10-11,13-14H2,1-3H3,(H2,29,32)(H,30,33)/t17-/m0/s1. The Labute approximate surface area is 218 Å². The molecule has 2 aromatic carbocycles. The minimum atomic E-state index is -4.80. The van der Waals surface area contributed by atoms with Gasteiger partial charge in [-0.1, -0.05) is 17.7 Å². The van der Waals surface area contributed by atoms with E-state index < -0.39 is 45.3 Å². The summed E-state index contributed by atoms with van der Waals surface area (Å²) in [6, 6.07) is 10.2. The fraction of sp³-hybridized carbons (Fsp3) is 0.440. The number of carbonyl (C=O) groups excluding carboxylic acids is 2. The minimum absolute atomic E-state index is 0.00585. The van der Waals surface area contributed by atoms with Gasteiger partial charge in [-0.2, -0.15) is 13.2 Å². The van der Waals surface area contributed by atoms with E-state index in [9.17, 15) is 31.2 Å². The van der Waals surface area contributed by atoms with Gasteiger partial charge in [0.25, 0.3) is 10.0 Å². The van der Waals surface area contributed by atoms with Crippen molar-refractivity contribution in [1.29, 1.82) is 0 Å². The van der Waals surface area contributed by atoms with Crippen LogP contribution in [0.2, 0.25) is 0 Å².